The Morgan fingerprint density at radius 3 is 2.82 bits per heavy atom. The Balaban J connectivity index is 1.92. The highest BCUT2D eigenvalue weighted by Gasteiger charge is 2.02. The Hall–Kier alpha value is -1.75. The molecule has 0 fully saturated rings. The maximum absolute atomic E-state index is 12.9. The molecule has 0 saturated heterocycles. The fourth-order valence-electron chi connectivity index (χ4n) is 1.63. The maximum Gasteiger partial charge on any atom is 0.146 e. The van der Waals surface area contributed by atoms with E-state index in [4.69, 9.17) is 0 Å². The number of halogens is 1. The first-order valence-corrected chi connectivity index (χ1v) is 5.45. The molecule has 17 heavy (non-hydrogen) atoms. The van der Waals surface area contributed by atoms with Crippen LogP contribution in [0.1, 0.15) is 17.0 Å². The van der Waals surface area contributed by atoms with Crippen LogP contribution in [0.4, 0.5) is 4.39 Å². The molecule has 1 N–H and O–H groups in total. The van der Waals surface area contributed by atoms with Crippen molar-refractivity contribution in [3.63, 3.8) is 0 Å². The van der Waals surface area contributed by atoms with E-state index in [2.05, 4.69) is 15.5 Å². The summed E-state index contributed by atoms with van der Waals surface area (Å²) >= 11 is 0. The van der Waals surface area contributed by atoms with Crippen LogP contribution in [0.25, 0.3) is 0 Å². The van der Waals surface area contributed by atoms with Crippen LogP contribution in [0.15, 0.2) is 24.5 Å². The lowest BCUT2D eigenvalue weighted by Crippen LogP contribution is -2.16. The van der Waals surface area contributed by atoms with Gasteiger partial charge < -0.3 is 9.88 Å². The van der Waals surface area contributed by atoms with Crippen molar-refractivity contribution >= 4 is 0 Å². The van der Waals surface area contributed by atoms with Crippen LogP contribution >= 0.6 is 0 Å². The van der Waals surface area contributed by atoms with Crippen LogP contribution in [0, 0.1) is 12.7 Å². The summed E-state index contributed by atoms with van der Waals surface area (Å²) in [6.45, 7) is 3.24. The first-order valence-electron chi connectivity index (χ1n) is 5.45. The van der Waals surface area contributed by atoms with E-state index in [1.807, 2.05) is 18.5 Å². The number of benzene rings is 1. The van der Waals surface area contributed by atoms with Gasteiger partial charge in [0.2, 0.25) is 0 Å². The third-order valence-electron chi connectivity index (χ3n) is 2.71. The zero-order valence-corrected chi connectivity index (χ0v) is 9.94. The largest absolute Gasteiger partial charge is 0.320 e. The molecule has 2 rings (SSSR count). The van der Waals surface area contributed by atoms with Crippen molar-refractivity contribution in [2.75, 3.05) is 0 Å². The number of aryl methyl sites for hydroxylation is 2. The van der Waals surface area contributed by atoms with Crippen LogP contribution in [0.2, 0.25) is 0 Å². The molecule has 0 aliphatic rings. The Morgan fingerprint density at radius 2 is 2.18 bits per heavy atom. The second kappa shape index (κ2) is 5.05. The fraction of sp³-hybridized carbons (Fsp3) is 0.333. The SMILES string of the molecule is Cc1cc(F)ccc1CNCc1nncn1C. The van der Waals surface area contributed by atoms with Gasteiger partial charge in [0.25, 0.3) is 0 Å². The number of aromatic nitrogens is 3. The predicted octanol–water partition coefficient (Wildman–Crippen LogP) is 1.55. The first kappa shape index (κ1) is 11.7. The predicted molar refractivity (Wildman–Crippen MR) is 62.7 cm³/mol. The summed E-state index contributed by atoms with van der Waals surface area (Å²) in [5.41, 5.74) is 2.05. The number of hydrogen-bond donors (Lipinski definition) is 1. The van der Waals surface area contributed by atoms with Crippen molar-refractivity contribution in [1.29, 1.82) is 0 Å². The highest BCUT2D eigenvalue weighted by Crippen LogP contribution is 2.09. The van der Waals surface area contributed by atoms with Crippen LogP contribution < -0.4 is 5.32 Å². The van der Waals surface area contributed by atoms with E-state index in [9.17, 15) is 4.39 Å². The van der Waals surface area contributed by atoms with Gasteiger partial charge in [0.1, 0.15) is 18.0 Å². The second-order valence-electron chi connectivity index (χ2n) is 4.03. The second-order valence-corrected chi connectivity index (χ2v) is 4.03. The summed E-state index contributed by atoms with van der Waals surface area (Å²) in [7, 11) is 1.90. The fourth-order valence-corrected chi connectivity index (χ4v) is 1.63. The normalized spacial score (nSPS) is 10.8. The Kier molecular flexibility index (Phi) is 3.49. The summed E-state index contributed by atoms with van der Waals surface area (Å²) < 4.78 is 14.8. The van der Waals surface area contributed by atoms with Crippen molar-refractivity contribution in [3.05, 3.63) is 47.3 Å². The smallest absolute Gasteiger partial charge is 0.146 e. The molecule has 0 bridgehead atoms. The van der Waals surface area contributed by atoms with Gasteiger partial charge in [-0.3, -0.25) is 0 Å². The van der Waals surface area contributed by atoms with Gasteiger partial charge in [-0.15, -0.1) is 10.2 Å². The van der Waals surface area contributed by atoms with Crippen LogP contribution in [0.5, 0.6) is 0 Å². The number of rotatable bonds is 4. The molecule has 0 atom stereocenters. The Labute approximate surface area is 99.5 Å². The van der Waals surface area contributed by atoms with E-state index in [1.54, 1.807) is 18.5 Å². The molecular weight excluding hydrogens is 219 g/mol. The van der Waals surface area contributed by atoms with Crippen molar-refractivity contribution < 1.29 is 4.39 Å². The third-order valence-corrected chi connectivity index (χ3v) is 2.71. The Morgan fingerprint density at radius 1 is 1.35 bits per heavy atom. The number of hydrogen-bond acceptors (Lipinski definition) is 3. The molecule has 4 nitrogen and oxygen atoms in total. The van der Waals surface area contributed by atoms with E-state index in [1.165, 1.54) is 6.07 Å². The number of nitrogens with one attached hydrogen (secondary N) is 1. The van der Waals surface area contributed by atoms with Crippen LogP contribution in [-0.4, -0.2) is 14.8 Å². The van der Waals surface area contributed by atoms with E-state index in [0.29, 0.717) is 13.1 Å². The molecule has 2 aromatic rings. The molecule has 0 aliphatic carbocycles. The van der Waals surface area contributed by atoms with Gasteiger partial charge in [-0.2, -0.15) is 0 Å². The third kappa shape index (κ3) is 2.88. The molecule has 1 heterocycles. The molecule has 0 spiro atoms. The lowest BCUT2D eigenvalue weighted by molar-refractivity contribution is 0.617. The van der Waals surface area contributed by atoms with Gasteiger partial charge in [0.15, 0.2) is 0 Å². The van der Waals surface area contributed by atoms with Gasteiger partial charge >= 0.3 is 0 Å². The molecule has 90 valence electrons. The van der Waals surface area contributed by atoms with Gasteiger partial charge in [0.05, 0.1) is 6.54 Å². The molecule has 0 radical (unpaired) electrons. The molecule has 5 heteroatoms. The first-order chi connectivity index (χ1) is 8.16. The summed E-state index contributed by atoms with van der Waals surface area (Å²) in [5.74, 6) is 0.685. The zero-order chi connectivity index (χ0) is 12.3. The molecular formula is C12H15FN4. The Bertz CT molecular complexity index is 507. The summed E-state index contributed by atoms with van der Waals surface area (Å²) in [6, 6.07) is 4.82. The minimum Gasteiger partial charge on any atom is -0.320 e. The lowest BCUT2D eigenvalue weighted by Gasteiger charge is -2.07. The quantitative estimate of drug-likeness (QED) is 0.872. The van der Waals surface area contributed by atoms with Crippen molar-refractivity contribution in [1.82, 2.24) is 20.1 Å². The molecule has 0 saturated carbocycles. The van der Waals surface area contributed by atoms with Gasteiger partial charge in [-0.25, -0.2) is 4.39 Å². The van der Waals surface area contributed by atoms with E-state index in [-0.39, 0.29) is 5.82 Å². The standard InChI is InChI=1S/C12H15FN4/c1-9-5-11(13)4-3-10(9)6-14-7-12-16-15-8-17(12)2/h3-5,8,14H,6-7H2,1-2H3. The maximum atomic E-state index is 12.9. The molecule has 0 aliphatic heterocycles. The average molecular weight is 234 g/mol. The van der Waals surface area contributed by atoms with Crippen LogP contribution in [-0.2, 0) is 20.1 Å². The molecule has 1 aromatic heterocycles. The minimum absolute atomic E-state index is 0.195. The van der Waals surface area contributed by atoms with Gasteiger partial charge in [0, 0.05) is 13.6 Å². The highest BCUT2D eigenvalue weighted by molar-refractivity contribution is 5.26. The van der Waals surface area contributed by atoms with Crippen molar-refractivity contribution in [2.24, 2.45) is 7.05 Å². The lowest BCUT2D eigenvalue weighted by atomic mass is 10.1. The zero-order valence-electron chi connectivity index (χ0n) is 9.94. The molecule has 0 amide bonds. The molecule has 0 unspecified atom stereocenters. The number of nitrogens with zero attached hydrogens (tertiary/aromatic N) is 3. The van der Waals surface area contributed by atoms with Gasteiger partial charge in [-0.05, 0) is 30.2 Å². The average Bonchev–Trinajstić information content (AvgIpc) is 2.68. The van der Waals surface area contributed by atoms with Crippen LogP contribution in [0.3, 0.4) is 0 Å². The topological polar surface area (TPSA) is 42.7 Å². The highest BCUT2D eigenvalue weighted by atomic mass is 19.1. The van der Waals surface area contributed by atoms with E-state index in [0.717, 1.165) is 17.0 Å². The van der Waals surface area contributed by atoms with E-state index >= 15 is 0 Å². The monoisotopic (exact) mass is 234 g/mol. The van der Waals surface area contributed by atoms with Crippen molar-refractivity contribution in [3.8, 4) is 0 Å². The summed E-state index contributed by atoms with van der Waals surface area (Å²) in [5, 5.41) is 11.0. The minimum atomic E-state index is -0.195. The van der Waals surface area contributed by atoms with Crippen molar-refractivity contribution in [2.45, 2.75) is 20.0 Å². The summed E-state index contributed by atoms with van der Waals surface area (Å²) in [4.78, 5) is 0. The summed E-state index contributed by atoms with van der Waals surface area (Å²) in [6.07, 6.45) is 1.67. The van der Waals surface area contributed by atoms with E-state index < -0.39 is 0 Å². The van der Waals surface area contributed by atoms with Gasteiger partial charge in [-0.1, -0.05) is 6.07 Å². The molecule has 1 aromatic carbocycles.